The van der Waals surface area contributed by atoms with Crippen molar-refractivity contribution in [2.75, 3.05) is 7.11 Å². The monoisotopic (exact) mass is 217 g/mol. The van der Waals surface area contributed by atoms with Gasteiger partial charge in [-0.1, -0.05) is 0 Å². The molecule has 0 N–H and O–H groups in total. The van der Waals surface area contributed by atoms with Gasteiger partial charge in [-0.05, 0) is 24.6 Å². The van der Waals surface area contributed by atoms with E-state index in [0.717, 1.165) is 5.56 Å². The smallest absolute Gasteiger partial charge is 0.358 e. The lowest BCUT2D eigenvalue weighted by Crippen LogP contribution is -2.11. The summed E-state index contributed by atoms with van der Waals surface area (Å²) in [5, 5.41) is 4.07. The third-order valence-corrected chi connectivity index (χ3v) is 2.13. The highest BCUT2D eigenvalue weighted by Gasteiger charge is 2.15. The van der Waals surface area contributed by atoms with Crippen molar-refractivity contribution in [2.45, 2.75) is 6.92 Å². The minimum absolute atomic E-state index is 0.261. The second-order valence-electron chi connectivity index (χ2n) is 3.32. The van der Waals surface area contributed by atoms with Crippen molar-refractivity contribution < 1.29 is 9.53 Å². The van der Waals surface area contributed by atoms with E-state index in [1.165, 1.54) is 7.11 Å². The first kappa shape index (κ1) is 10.4. The maximum atomic E-state index is 11.5. The molecule has 0 aliphatic rings. The predicted octanol–water partition coefficient (Wildman–Crippen LogP) is 1.36. The lowest BCUT2D eigenvalue weighted by atomic mass is 10.2. The Morgan fingerprint density at radius 2 is 2.31 bits per heavy atom. The zero-order chi connectivity index (χ0) is 11.5. The summed E-state index contributed by atoms with van der Waals surface area (Å²) in [7, 11) is 1.33. The topological polar surface area (TPSA) is 57.0 Å². The highest BCUT2D eigenvalue weighted by atomic mass is 16.5. The number of carbonyl (C=O) groups is 1. The molecule has 2 aromatic heterocycles. The summed E-state index contributed by atoms with van der Waals surface area (Å²) < 4.78 is 6.26. The van der Waals surface area contributed by atoms with E-state index in [2.05, 4.69) is 14.8 Å². The Kier molecular flexibility index (Phi) is 2.68. The van der Waals surface area contributed by atoms with E-state index >= 15 is 0 Å². The van der Waals surface area contributed by atoms with Gasteiger partial charge >= 0.3 is 5.97 Å². The van der Waals surface area contributed by atoms with Crippen LogP contribution in [0, 0.1) is 6.92 Å². The third-order valence-electron chi connectivity index (χ3n) is 2.13. The second-order valence-corrected chi connectivity index (χ2v) is 3.32. The first-order valence-electron chi connectivity index (χ1n) is 4.77. The van der Waals surface area contributed by atoms with E-state index < -0.39 is 5.97 Å². The largest absolute Gasteiger partial charge is 0.464 e. The van der Waals surface area contributed by atoms with Crippen LogP contribution in [0.1, 0.15) is 16.1 Å². The van der Waals surface area contributed by atoms with Crippen LogP contribution in [0.3, 0.4) is 0 Å². The summed E-state index contributed by atoms with van der Waals surface area (Å²) in [6.07, 6.45) is 5.02. The van der Waals surface area contributed by atoms with Gasteiger partial charge in [-0.25, -0.2) is 14.5 Å². The molecule has 0 saturated carbocycles. The molecule has 0 unspecified atom stereocenters. The number of aromatic nitrogens is 3. The number of esters is 1. The van der Waals surface area contributed by atoms with E-state index in [4.69, 9.17) is 0 Å². The minimum Gasteiger partial charge on any atom is -0.464 e. The normalized spacial score (nSPS) is 10.1. The number of aryl methyl sites for hydroxylation is 1. The quantitative estimate of drug-likeness (QED) is 0.713. The molecule has 0 fully saturated rings. The molecule has 0 aromatic carbocycles. The molecule has 0 atom stereocenters. The molecular formula is C11H11N3O2. The molecule has 82 valence electrons. The molecule has 0 spiro atoms. The average Bonchev–Trinajstić information content (AvgIpc) is 2.81. The molecular weight excluding hydrogens is 206 g/mol. The summed E-state index contributed by atoms with van der Waals surface area (Å²) in [6.45, 7) is 1.90. The van der Waals surface area contributed by atoms with Crippen molar-refractivity contribution in [3.05, 3.63) is 42.0 Å². The van der Waals surface area contributed by atoms with Crippen molar-refractivity contribution in [3.8, 4) is 5.69 Å². The molecule has 0 saturated heterocycles. The van der Waals surface area contributed by atoms with Crippen LogP contribution in [0.5, 0.6) is 0 Å². The Balaban J connectivity index is 2.57. The predicted molar refractivity (Wildman–Crippen MR) is 57.4 cm³/mol. The zero-order valence-electron chi connectivity index (χ0n) is 9.04. The molecule has 16 heavy (non-hydrogen) atoms. The number of nitrogens with zero attached hydrogens (tertiary/aromatic N) is 3. The van der Waals surface area contributed by atoms with Crippen LogP contribution in [-0.4, -0.2) is 27.8 Å². The van der Waals surface area contributed by atoms with Gasteiger partial charge in [0.05, 0.1) is 12.8 Å². The number of pyridine rings is 1. The molecule has 5 heteroatoms. The summed E-state index contributed by atoms with van der Waals surface area (Å²) in [4.78, 5) is 15.6. The van der Waals surface area contributed by atoms with Gasteiger partial charge in [0, 0.05) is 18.6 Å². The van der Waals surface area contributed by atoms with Gasteiger partial charge in [0.2, 0.25) is 0 Å². The maximum Gasteiger partial charge on any atom is 0.358 e. The molecule has 2 aromatic rings. The van der Waals surface area contributed by atoms with Gasteiger partial charge in [-0.15, -0.1) is 0 Å². The van der Waals surface area contributed by atoms with Gasteiger partial charge in [-0.2, -0.15) is 5.10 Å². The molecule has 0 amide bonds. The first-order chi connectivity index (χ1) is 7.72. The molecule has 5 nitrogen and oxygen atoms in total. The number of hydrogen-bond acceptors (Lipinski definition) is 4. The second kappa shape index (κ2) is 4.14. The Morgan fingerprint density at radius 1 is 1.50 bits per heavy atom. The summed E-state index contributed by atoms with van der Waals surface area (Å²) in [5.41, 5.74) is 1.84. The fraction of sp³-hybridized carbons (Fsp3) is 0.182. The van der Waals surface area contributed by atoms with Crippen molar-refractivity contribution in [3.63, 3.8) is 0 Å². The summed E-state index contributed by atoms with van der Waals surface area (Å²) >= 11 is 0. The number of rotatable bonds is 2. The van der Waals surface area contributed by atoms with E-state index in [1.54, 1.807) is 29.3 Å². The van der Waals surface area contributed by atoms with Crippen LogP contribution in [0.4, 0.5) is 0 Å². The Morgan fingerprint density at radius 3 is 2.94 bits per heavy atom. The van der Waals surface area contributed by atoms with Crippen molar-refractivity contribution in [2.24, 2.45) is 0 Å². The van der Waals surface area contributed by atoms with Crippen LogP contribution in [-0.2, 0) is 4.74 Å². The van der Waals surface area contributed by atoms with E-state index in [0.29, 0.717) is 5.69 Å². The summed E-state index contributed by atoms with van der Waals surface area (Å²) in [6, 6.07) is 3.62. The van der Waals surface area contributed by atoms with Crippen molar-refractivity contribution in [1.29, 1.82) is 0 Å². The minimum atomic E-state index is -0.467. The van der Waals surface area contributed by atoms with Gasteiger partial charge in [0.15, 0.2) is 5.69 Å². The molecule has 2 rings (SSSR count). The van der Waals surface area contributed by atoms with Crippen LogP contribution in [0.25, 0.3) is 5.69 Å². The summed E-state index contributed by atoms with van der Waals surface area (Å²) in [5.74, 6) is -0.467. The van der Waals surface area contributed by atoms with Gasteiger partial charge in [-0.3, -0.25) is 0 Å². The lowest BCUT2D eigenvalue weighted by molar-refractivity contribution is 0.0594. The van der Waals surface area contributed by atoms with Crippen LogP contribution in [0.2, 0.25) is 0 Å². The molecule has 0 aliphatic heterocycles. The first-order valence-corrected chi connectivity index (χ1v) is 4.77. The fourth-order valence-electron chi connectivity index (χ4n) is 1.39. The molecule has 0 bridgehead atoms. The lowest BCUT2D eigenvalue weighted by Gasteiger charge is -2.07. The maximum absolute atomic E-state index is 11.5. The SMILES string of the molecule is COC(=O)c1ncc(C)cc1-n1cccn1. The average molecular weight is 217 g/mol. The molecule has 0 radical (unpaired) electrons. The molecule has 0 aliphatic carbocycles. The van der Waals surface area contributed by atoms with E-state index in [9.17, 15) is 4.79 Å². The Hall–Kier alpha value is -2.17. The number of ether oxygens (including phenoxy) is 1. The third kappa shape index (κ3) is 1.79. The number of methoxy groups -OCH3 is 1. The van der Waals surface area contributed by atoms with Crippen LogP contribution in [0.15, 0.2) is 30.7 Å². The van der Waals surface area contributed by atoms with E-state index in [-0.39, 0.29) is 5.69 Å². The number of carbonyl (C=O) groups excluding carboxylic acids is 1. The highest BCUT2D eigenvalue weighted by molar-refractivity contribution is 5.91. The van der Waals surface area contributed by atoms with Crippen molar-refractivity contribution in [1.82, 2.24) is 14.8 Å². The highest BCUT2D eigenvalue weighted by Crippen LogP contribution is 2.13. The van der Waals surface area contributed by atoms with Crippen LogP contribution < -0.4 is 0 Å². The van der Waals surface area contributed by atoms with Crippen molar-refractivity contribution >= 4 is 5.97 Å². The number of hydrogen-bond donors (Lipinski definition) is 0. The fourth-order valence-corrected chi connectivity index (χ4v) is 1.39. The standard InChI is InChI=1S/C11H11N3O2/c1-8-6-9(14-5-3-4-13-14)10(12-7-8)11(15)16-2/h3-7H,1-2H3. The Bertz CT molecular complexity index is 506. The van der Waals surface area contributed by atoms with Gasteiger partial charge in [0.25, 0.3) is 0 Å². The zero-order valence-corrected chi connectivity index (χ0v) is 9.04. The van der Waals surface area contributed by atoms with Gasteiger partial charge < -0.3 is 4.74 Å². The van der Waals surface area contributed by atoms with Crippen LogP contribution >= 0.6 is 0 Å². The molecule has 2 heterocycles. The Labute approximate surface area is 92.7 Å². The van der Waals surface area contributed by atoms with Gasteiger partial charge in [0.1, 0.15) is 0 Å². The van der Waals surface area contributed by atoms with E-state index in [1.807, 2.05) is 13.0 Å².